The maximum Gasteiger partial charge on any atom is 0.309 e. The first-order chi connectivity index (χ1) is 13.0. The molecule has 2 rings (SSSR count). The van der Waals surface area contributed by atoms with Crippen molar-refractivity contribution < 1.29 is 9.53 Å². The summed E-state index contributed by atoms with van der Waals surface area (Å²) in [7, 11) is 0. The Morgan fingerprint density at radius 1 is 1.41 bits per heavy atom. The third-order valence-electron chi connectivity index (χ3n) is 4.56. The van der Waals surface area contributed by atoms with Gasteiger partial charge in [0.1, 0.15) is 12.2 Å². The summed E-state index contributed by atoms with van der Waals surface area (Å²) in [6.07, 6.45) is 4.20. The molecule has 1 aromatic heterocycles. The third-order valence-corrected chi connectivity index (χ3v) is 4.56. The Morgan fingerprint density at radius 2 is 2.15 bits per heavy atom. The van der Waals surface area contributed by atoms with Crippen LogP contribution in [0.1, 0.15) is 39.4 Å². The minimum absolute atomic E-state index is 0.00674. The van der Waals surface area contributed by atoms with E-state index in [1.807, 2.05) is 13.8 Å². The number of likely N-dealkylation sites (tertiary alicyclic amines) is 1. The Balaban J connectivity index is 1.91. The van der Waals surface area contributed by atoms with E-state index in [2.05, 4.69) is 43.5 Å². The maximum atomic E-state index is 11.9. The molecule has 0 saturated carbocycles. The zero-order valence-corrected chi connectivity index (χ0v) is 16.8. The number of hydrogen-bond donors (Lipinski definition) is 1. The molecule has 0 aromatic carbocycles. The van der Waals surface area contributed by atoms with Crippen LogP contribution in [0.3, 0.4) is 0 Å². The molecule has 1 aliphatic rings. The van der Waals surface area contributed by atoms with Crippen LogP contribution in [0.5, 0.6) is 0 Å². The quantitative estimate of drug-likeness (QED) is 0.321. The molecule has 0 atom stereocenters. The van der Waals surface area contributed by atoms with Crippen molar-refractivity contribution in [3.63, 3.8) is 0 Å². The average Bonchev–Trinajstić information content (AvgIpc) is 3.12. The van der Waals surface area contributed by atoms with Gasteiger partial charge in [0.2, 0.25) is 0 Å². The van der Waals surface area contributed by atoms with Gasteiger partial charge in [-0.05, 0) is 26.7 Å². The average molecular weight is 377 g/mol. The number of guanidine groups is 1. The monoisotopic (exact) mass is 376 g/mol. The Morgan fingerprint density at radius 3 is 2.78 bits per heavy atom. The number of rotatable bonds is 8. The predicted octanol–water partition coefficient (Wildman–Crippen LogP) is 1.64. The highest BCUT2D eigenvalue weighted by Gasteiger charge is 2.27. The van der Waals surface area contributed by atoms with Crippen molar-refractivity contribution in [1.82, 2.24) is 25.0 Å². The normalized spacial score (nSPS) is 15.7. The van der Waals surface area contributed by atoms with E-state index >= 15 is 0 Å². The minimum atomic E-state index is -0.0785. The number of carbonyl (C=O) groups excluding carboxylic acids is 1. The summed E-state index contributed by atoms with van der Waals surface area (Å²) in [5.74, 6) is 1.76. The van der Waals surface area contributed by atoms with Gasteiger partial charge in [-0.2, -0.15) is 0 Å². The van der Waals surface area contributed by atoms with E-state index in [-0.39, 0.29) is 11.9 Å². The van der Waals surface area contributed by atoms with Gasteiger partial charge in [0, 0.05) is 32.6 Å². The van der Waals surface area contributed by atoms with Gasteiger partial charge in [-0.3, -0.25) is 4.79 Å². The van der Waals surface area contributed by atoms with Gasteiger partial charge in [-0.15, -0.1) is 10.2 Å². The van der Waals surface area contributed by atoms with E-state index in [1.54, 1.807) is 6.33 Å². The van der Waals surface area contributed by atoms with Gasteiger partial charge < -0.3 is 19.5 Å². The van der Waals surface area contributed by atoms with Crippen LogP contribution in [0.2, 0.25) is 0 Å². The van der Waals surface area contributed by atoms with Gasteiger partial charge >= 0.3 is 5.97 Å². The molecule has 150 valence electrons. The first-order valence-electron chi connectivity index (χ1n) is 9.76. The van der Waals surface area contributed by atoms with Gasteiger partial charge in [-0.1, -0.05) is 19.1 Å². The van der Waals surface area contributed by atoms with Gasteiger partial charge in [-0.25, -0.2) is 4.99 Å². The lowest BCUT2D eigenvalue weighted by atomic mass is 9.97. The number of nitrogens with zero attached hydrogens (tertiary/aromatic N) is 5. The molecule has 1 aliphatic heterocycles. The van der Waals surface area contributed by atoms with Crippen molar-refractivity contribution in [1.29, 1.82) is 0 Å². The predicted molar refractivity (Wildman–Crippen MR) is 105 cm³/mol. The van der Waals surface area contributed by atoms with Crippen molar-refractivity contribution >= 4 is 11.9 Å². The van der Waals surface area contributed by atoms with Crippen molar-refractivity contribution in [2.75, 3.05) is 32.8 Å². The first-order valence-corrected chi connectivity index (χ1v) is 9.76. The van der Waals surface area contributed by atoms with Crippen molar-refractivity contribution in [3.05, 3.63) is 24.3 Å². The number of ether oxygens (including phenoxy) is 1. The fourth-order valence-electron chi connectivity index (χ4n) is 3.09. The van der Waals surface area contributed by atoms with E-state index in [1.165, 1.54) is 0 Å². The Hall–Kier alpha value is -2.38. The second-order valence-electron chi connectivity index (χ2n) is 6.83. The highest BCUT2D eigenvalue weighted by Crippen LogP contribution is 2.18. The van der Waals surface area contributed by atoms with Crippen LogP contribution in [0.25, 0.3) is 0 Å². The molecule has 0 spiro atoms. The maximum absolute atomic E-state index is 11.9. The molecule has 0 radical (unpaired) electrons. The molecule has 8 nitrogen and oxygen atoms in total. The second-order valence-corrected chi connectivity index (χ2v) is 6.83. The molecule has 0 amide bonds. The van der Waals surface area contributed by atoms with E-state index in [9.17, 15) is 4.79 Å². The van der Waals surface area contributed by atoms with Crippen molar-refractivity contribution in [2.24, 2.45) is 10.9 Å². The highest BCUT2D eigenvalue weighted by molar-refractivity contribution is 5.80. The number of carbonyl (C=O) groups is 1. The van der Waals surface area contributed by atoms with Gasteiger partial charge in [0.15, 0.2) is 5.96 Å². The molecular formula is C19H32N6O2. The third kappa shape index (κ3) is 6.37. The Bertz CT molecular complexity index is 646. The molecule has 1 aromatic rings. The first kappa shape index (κ1) is 20.9. The van der Waals surface area contributed by atoms with E-state index in [0.29, 0.717) is 13.2 Å². The molecule has 0 unspecified atom stereocenters. The molecule has 27 heavy (non-hydrogen) atoms. The molecule has 1 fully saturated rings. The van der Waals surface area contributed by atoms with Crippen LogP contribution in [0.4, 0.5) is 0 Å². The summed E-state index contributed by atoms with van der Waals surface area (Å²) in [6.45, 7) is 13.9. The zero-order valence-electron chi connectivity index (χ0n) is 16.8. The summed E-state index contributed by atoms with van der Waals surface area (Å²) in [4.78, 5) is 18.8. The number of esters is 1. The lowest BCUT2D eigenvalue weighted by molar-refractivity contribution is -0.149. The topological polar surface area (TPSA) is 84.6 Å². The number of aromatic nitrogens is 3. The second kappa shape index (κ2) is 10.7. The number of aryl methyl sites for hydroxylation is 1. The van der Waals surface area contributed by atoms with Crippen LogP contribution in [-0.4, -0.2) is 64.4 Å². The van der Waals surface area contributed by atoms with Crippen LogP contribution >= 0.6 is 0 Å². The van der Waals surface area contributed by atoms with Crippen molar-refractivity contribution in [2.45, 2.75) is 46.6 Å². The molecular weight excluding hydrogens is 344 g/mol. The van der Waals surface area contributed by atoms with Crippen LogP contribution in [-0.2, 0) is 22.5 Å². The summed E-state index contributed by atoms with van der Waals surface area (Å²) < 4.78 is 7.21. The van der Waals surface area contributed by atoms with Gasteiger partial charge in [0.05, 0.1) is 19.1 Å². The Kier molecular flexibility index (Phi) is 8.29. The summed E-state index contributed by atoms with van der Waals surface area (Å²) >= 11 is 0. The molecule has 0 aliphatic carbocycles. The zero-order chi connectivity index (χ0) is 19.6. The van der Waals surface area contributed by atoms with Crippen molar-refractivity contribution in [3.8, 4) is 0 Å². The fraction of sp³-hybridized carbons (Fsp3) is 0.684. The standard InChI is InChI=1S/C19H32N6O2/c1-5-17-23-22-14-25(17)12-9-20-19(21-13-15(3)4)24-10-7-16(8-11-24)18(26)27-6-2/h14,16H,3,5-13H2,1-2,4H3,(H,20,21). The number of piperidine rings is 1. The lowest BCUT2D eigenvalue weighted by Crippen LogP contribution is -2.47. The number of nitrogens with one attached hydrogen (secondary N) is 1. The Labute approximate surface area is 161 Å². The molecule has 1 N–H and O–H groups in total. The number of hydrogen-bond acceptors (Lipinski definition) is 5. The minimum Gasteiger partial charge on any atom is -0.466 e. The van der Waals surface area contributed by atoms with Crippen LogP contribution in [0, 0.1) is 5.92 Å². The summed E-state index contributed by atoms with van der Waals surface area (Å²) in [5.41, 5.74) is 1.02. The highest BCUT2D eigenvalue weighted by atomic mass is 16.5. The summed E-state index contributed by atoms with van der Waals surface area (Å²) in [6, 6.07) is 0. The lowest BCUT2D eigenvalue weighted by Gasteiger charge is -2.33. The van der Waals surface area contributed by atoms with E-state index < -0.39 is 0 Å². The van der Waals surface area contributed by atoms with Gasteiger partial charge in [0.25, 0.3) is 0 Å². The van der Waals surface area contributed by atoms with Crippen LogP contribution in [0.15, 0.2) is 23.5 Å². The van der Waals surface area contributed by atoms with E-state index in [0.717, 1.165) is 62.8 Å². The molecule has 0 bridgehead atoms. The fourth-order valence-corrected chi connectivity index (χ4v) is 3.09. The smallest absolute Gasteiger partial charge is 0.309 e. The largest absolute Gasteiger partial charge is 0.466 e. The number of aliphatic imine (C=N–C) groups is 1. The molecule has 2 heterocycles. The SMILES string of the molecule is C=C(C)CN=C(NCCn1cnnc1CC)N1CCC(C(=O)OCC)CC1. The molecule has 1 saturated heterocycles. The van der Waals surface area contributed by atoms with Crippen LogP contribution < -0.4 is 5.32 Å². The van der Waals surface area contributed by atoms with E-state index in [4.69, 9.17) is 4.74 Å². The summed E-state index contributed by atoms with van der Waals surface area (Å²) in [5, 5.41) is 11.5. The molecule has 8 heteroatoms.